The Morgan fingerprint density at radius 2 is 1.86 bits per heavy atom. The van der Waals surface area contributed by atoms with Crippen LogP contribution in [0.1, 0.15) is 28.1 Å². The van der Waals surface area contributed by atoms with Gasteiger partial charge in [0.1, 0.15) is 12.4 Å². The maximum atomic E-state index is 12.7. The number of morpholine rings is 1. The number of nitrogens with zero attached hydrogens (tertiary/aromatic N) is 3. The summed E-state index contributed by atoms with van der Waals surface area (Å²) in [6.45, 7) is 7.94. The van der Waals surface area contributed by atoms with Crippen molar-refractivity contribution in [2.24, 2.45) is 0 Å². The molecule has 0 saturated carbocycles. The summed E-state index contributed by atoms with van der Waals surface area (Å²) in [6, 6.07) is 13.9. The van der Waals surface area contributed by atoms with Crippen LogP contribution >= 0.6 is 0 Å². The molecule has 36 heavy (non-hydrogen) atoms. The van der Waals surface area contributed by atoms with Gasteiger partial charge in [-0.3, -0.25) is 4.79 Å². The van der Waals surface area contributed by atoms with Crippen LogP contribution in [-0.4, -0.2) is 56.4 Å². The summed E-state index contributed by atoms with van der Waals surface area (Å²) < 4.78 is 22.0. The van der Waals surface area contributed by atoms with Gasteiger partial charge in [0.2, 0.25) is 5.91 Å². The smallest absolute Gasteiger partial charge is 0.246 e. The first-order valence-electron chi connectivity index (χ1n) is 12.0. The van der Waals surface area contributed by atoms with Crippen LogP contribution in [0.4, 0.5) is 5.69 Å². The second-order valence-corrected chi connectivity index (χ2v) is 8.80. The highest BCUT2D eigenvalue weighted by molar-refractivity contribution is 5.91. The van der Waals surface area contributed by atoms with Crippen molar-refractivity contribution >= 4 is 17.7 Å². The lowest BCUT2D eigenvalue weighted by atomic mass is 10.1. The van der Waals surface area contributed by atoms with Crippen molar-refractivity contribution in [3.63, 3.8) is 0 Å². The summed E-state index contributed by atoms with van der Waals surface area (Å²) in [6.07, 6.45) is 3.35. The second-order valence-electron chi connectivity index (χ2n) is 8.80. The van der Waals surface area contributed by atoms with Crippen LogP contribution in [-0.2, 0) is 22.7 Å². The highest BCUT2D eigenvalue weighted by Crippen LogP contribution is 2.30. The first-order valence-corrected chi connectivity index (χ1v) is 12.0. The van der Waals surface area contributed by atoms with E-state index in [9.17, 15) is 4.79 Å². The molecule has 8 nitrogen and oxygen atoms in total. The van der Waals surface area contributed by atoms with Crippen molar-refractivity contribution < 1.29 is 23.5 Å². The SMILES string of the molecule is COc1cc(C=CC(=O)N(C)Cc2ccc(N3CCOCC3)cc2)ccc1OCc1c(C)noc1C. The molecule has 190 valence electrons. The number of anilines is 1. The molecule has 2 aromatic carbocycles. The molecule has 1 amide bonds. The van der Waals surface area contributed by atoms with Crippen LogP contribution < -0.4 is 14.4 Å². The van der Waals surface area contributed by atoms with E-state index in [2.05, 4.69) is 34.3 Å². The summed E-state index contributed by atoms with van der Waals surface area (Å²) in [5, 5.41) is 3.95. The number of ether oxygens (including phenoxy) is 3. The Labute approximate surface area is 212 Å². The van der Waals surface area contributed by atoms with Crippen LogP contribution in [0.25, 0.3) is 6.08 Å². The van der Waals surface area contributed by atoms with Crippen LogP contribution in [0, 0.1) is 13.8 Å². The molecule has 4 rings (SSSR count). The number of carbonyl (C=O) groups is 1. The molecule has 0 bridgehead atoms. The number of hydrogen-bond acceptors (Lipinski definition) is 7. The first kappa shape index (κ1) is 25.3. The molecule has 8 heteroatoms. The zero-order chi connectivity index (χ0) is 25.5. The van der Waals surface area contributed by atoms with Gasteiger partial charge in [0.05, 0.1) is 31.6 Å². The van der Waals surface area contributed by atoms with Gasteiger partial charge in [0.25, 0.3) is 0 Å². The Morgan fingerprint density at radius 1 is 1.11 bits per heavy atom. The van der Waals surface area contributed by atoms with Gasteiger partial charge in [-0.15, -0.1) is 0 Å². The number of amides is 1. The van der Waals surface area contributed by atoms with Crippen molar-refractivity contribution in [2.45, 2.75) is 27.0 Å². The number of benzene rings is 2. The van der Waals surface area contributed by atoms with Gasteiger partial charge in [-0.25, -0.2) is 0 Å². The Morgan fingerprint density at radius 3 is 2.53 bits per heavy atom. The molecule has 0 N–H and O–H groups in total. The summed E-state index contributed by atoms with van der Waals surface area (Å²) in [7, 11) is 3.39. The van der Waals surface area contributed by atoms with E-state index in [1.54, 1.807) is 31.2 Å². The molecule has 1 aliphatic rings. The number of rotatable bonds is 9. The van der Waals surface area contributed by atoms with Gasteiger partial charge in [-0.05, 0) is 55.3 Å². The fourth-order valence-electron chi connectivity index (χ4n) is 4.05. The summed E-state index contributed by atoms with van der Waals surface area (Å²) in [5.74, 6) is 1.86. The Bertz CT molecular complexity index is 1180. The summed E-state index contributed by atoms with van der Waals surface area (Å²) in [4.78, 5) is 16.7. The molecular formula is C28H33N3O5. The van der Waals surface area contributed by atoms with E-state index in [1.807, 2.05) is 32.0 Å². The van der Waals surface area contributed by atoms with Crippen molar-refractivity contribution in [1.29, 1.82) is 0 Å². The van der Waals surface area contributed by atoms with E-state index in [1.165, 1.54) is 5.69 Å². The molecule has 1 aliphatic heterocycles. The largest absolute Gasteiger partial charge is 0.493 e. The van der Waals surface area contributed by atoms with Gasteiger partial charge in [-0.1, -0.05) is 23.4 Å². The monoisotopic (exact) mass is 491 g/mol. The Balaban J connectivity index is 1.33. The predicted molar refractivity (Wildman–Crippen MR) is 138 cm³/mol. The van der Waals surface area contributed by atoms with E-state index >= 15 is 0 Å². The van der Waals surface area contributed by atoms with Gasteiger partial charge in [0, 0.05) is 38.4 Å². The zero-order valence-electron chi connectivity index (χ0n) is 21.3. The maximum Gasteiger partial charge on any atom is 0.246 e. The average Bonchev–Trinajstić information content (AvgIpc) is 3.23. The fraction of sp³-hybridized carbons (Fsp3) is 0.357. The number of carbonyl (C=O) groups excluding carboxylic acids is 1. The topological polar surface area (TPSA) is 77.3 Å². The van der Waals surface area contributed by atoms with Crippen molar-refractivity contribution in [3.8, 4) is 11.5 Å². The molecule has 2 heterocycles. The zero-order valence-corrected chi connectivity index (χ0v) is 21.3. The van der Waals surface area contributed by atoms with Gasteiger partial charge in [0.15, 0.2) is 11.5 Å². The van der Waals surface area contributed by atoms with Gasteiger partial charge >= 0.3 is 0 Å². The third kappa shape index (κ3) is 6.26. The molecule has 0 aliphatic carbocycles. The van der Waals surface area contributed by atoms with E-state index in [0.717, 1.165) is 54.4 Å². The third-order valence-electron chi connectivity index (χ3n) is 6.27. The highest BCUT2D eigenvalue weighted by atomic mass is 16.5. The van der Waals surface area contributed by atoms with Crippen LogP contribution in [0.5, 0.6) is 11.5 Å². The number of likely N-dealkylation sites (N-methyl/N-ethyl adjacent to an activating group) is 1. The van der Waals surface area contributed by atoms with Gasteiger partial charge < -0.3 is 28.5 Å². The lowest BCUT2D eigenvalue weighted by molar-refractivity contribution is -0.125. The maximum absolute atomic E-state index is 12.7. The minimum atomic E-state index is -0.0787. The molecule has 0 radical (unpaired) electrons. The van der Waals surface area contributed by atoms with E-state index in [0.29, 0.717) is 24.7 Å². The lowest BCUT2D eigenvalue weighted by Gasteiger charge is -2.29. The van der Waals surface area contributed by atoms with Crippen molar-refractivity contribution in [3.05, 3.63) is 76.7 Å². The molecule has 0 atom stereocenters. The molecule has 1 saturated heterocycles. The quantitative estimate of drug-likeness (QED) is 0.411. The number of hydrogen-bond donors (Lipinski definition) is 0. The number of aryl methyl sites for hydroxylation is 2. The summed E-state index contributed by atoms with van der Waals surface area (Å²) in [5.41, 5.74) is 4.84. The molecule has 0 spiro atoms. The molecule has 1 fully saturated rings. The van der Waals surface area contributed by atoms with Crippen LogP contribution in [0.2, 0.25) is 0 Å². The standard InChI is InChI=1S/C28H33N3O5/c1-20-25(21(2)36-29-20)19-35-26-11-7-22(17-27(26)33-4)8-12-28(32)30(3)18-23-5-9-24(10-6-23)31-13-15-34-16-14-31/h5-12,17H,13-16,18-19H2,1-4H3. The minimum absolute atomic E-state index is 0.0787. The average molecular weight is 492 g/mol. The van der Waals surface area contributed by atoms with Crippen LogP contribution in [0.3, 0.4) is 0 Å². The van der Waals surface area contributed by atoms with E-state index in [4.69, 9.17) is 18.7 Å². The van der Waals surface area contributed by atoms with Gasteiger partial charge in [-0.2, -0.15) is 0 Å². The van der Waals surface area contributed by atoms with Crippen molar-refractivity contribution in [2.75, 3.05) is 45.4 Å². The van der Waals surface area contributed by atoms with E-state index < -0.39 is 0 Å². The van der Waals surface area contributed by atoms with Crippen LogP contribution in [0.15, 0.2) is 53.1 Å². The molecule has 3 aromatic rings. The summed E-state index contributed by atoms with van der Waals surface area (Å²) >= 11 is 0. The Hall–Kier alpha value is -3.78. The third-order valence-corrected chi connectivity index (χ3v) is 6.27. The first-order chi connectivity index (χ1) is 17.4. The Kier molecular flexibility index (Phi) is 8.28. The highest BCUT2D eigenvalue weighted by Gasteiger charge is 2.13. The molecular weight excluding hydrogens is 458 g/mol. The predicted octanol–water partition coefficient (Wildman–Crippen LogP) is 4.39. The normalized spacial score (nSPS) is 13.7. The molecule has 0 unspecified atom stereocenters. The van der Waals surface area contributed by atoms with E-state index in [-0.39, 0.29) is 5.91 Å². The number of aromatic nitrogens is 1. The fourth-order valence-corrected chi connectivity index (χ4v) is 4.05. The lowest BCUT2D eigenvalue weighted by Crippen LogP contribution is -2.36. The molecule has 1 aromatic heterocycles. The second kappa shape index (κ2) is 11.8. The minimum Gasteiger partial charge on any atom is -0.493 e. The number of methoxy groups -OCH3 is 1. The van der Waals surface area contributed by atoms with Crippen molar-refractivity contribution in [1.82, 2.24) is 10.1 Å².